The van der Waals surface area contributed by atoms with Gasteiger partial charge in [-0.1, -0.05) is 13.0 Å². The molecule has 0 spiro atoms. The Balaban J connectivity index is 1.69. The highest BCUT2D eigenvalue weighted by atomic mass is 32.1. The molecule has 0 bridgehead atoms. The molecule has 21 heavy (non-hydrogen) atoms. The summed E-state index contributed by atoms with van der Waals surface area (Å²) >= 11 is 1.79. The van der Waals surface area contributed by atoms with E-state index in [1.807, 2.05) is 0 Å². The molecule has 5 heteroatoms. The zero-order valence-electron chi connectivity index (χ0n) is 13.0. The summed E-state index contributed by atoms with van der Waals surface area (Å²) in [6, 6.07) is 4.67. The van der Waals surface area contributed by atoms with E-state index in [4.69, 9.17) is 14.2 Å². The van der Waals surface area contributed by atoms with Gasteiger partial charge in [0.05, 0.1) is 32.0 Å². The molecule has 1 saturated carbocycles. The first-order valence-electron chi connectivity index (χ1n) is 7.83. The van der Waals surface area contributed by atoms with E-state index in [2.05, 4.69) is 29.8 Å². The number of methoxy groups -OCH3 is 1. The average molecular weight is 313 g/mol. The number of hydrogen-bond acceptors (Lipinski definition) is 5. The van der Waals surface area contributed by atoms with Crippen LogP contribution in [0, 0.1) is 0 Å². The predicted octanol–water partition coefficient (Wildman–Crippen LogP) is 2.48. The highest BCUT2D eigenvalue weighted by Crippen LogP contribution is 2.27. The molecule has 120 valence electrons. The molecule has 1 aliphatic carbocycles. The summed E-state index contributed by atoms with van der Waals surface area (Å²) in [6.45, 7) is 5.27. The lowest BCUT2D eigenvalue weighted by molar-refractivity contribution is -0.151. The second-order valence-corrected chi connectivity index (χ2v) is 6.40. The van der Waals surface area contributed by atoms with Gasteiger partial charge in [0.1, 0.15) is 0 Å². The predicted molar refractivity (Wildman–Crippen MR) is 86.1 cm³/mol. The largest absolute Gasteiger partial charge is 0.382 e. The highest BCUT2D eigenvalue weighted by Gasteiger charge is 2.42. The van der Waals surface area contributed by atoms with Crippen molar-refractivity contribution in [3.63, 3.8) is 0 Å². The smallest absolute Gasteiger partial charge is 0.0991 e. The fourth-order valence-electron chi connectivity index (χ4n) is 2.53. The lowest BCUT2D eigenvalue weighted by atomic mass is 9.85. The van der Waals surface area contributed by atoms with Crippen LogP contribution in [0.5, 0.6) is 0 Å². The molecule has 1 aromatic heterocycles. The minimum atomic E-state index is 0.162. The Hall–Kier alpha value is -0.460. The number of ether oxygens (including phenoxy) is 3. The molecule has 0 aliphatic heterocycles. The number of thiophene rings is 1. The molecule has 1 heterocycles. The van der Waals surface area contributed by atoms with Crippen LogP contribution in [0.1, 0.15) is 24.6 Å². The summed E-state index contributed by atoms with van der Waals surface area (Å²) in [5.74, 6) is 0. The Kier molecular flexibility index (Phi) is 7.68. The molecule has 0 radical (unpaired) electrons. The topological polar surface area (TPSA) is 39.7 Å². The van der Waals surface area contributed by atoms with Gasteiger partial charge in [0.25, 0.3) is 0 Å². The molecule has 3 atom stereocenters. The van der Waals surface area contributed by atoms with E-state index in [1.165, 1.54) is 4.88 Å². The quantitative estimate of drug-likeness (QED) is 0.637. The molecule has 3 unspecified atom stereocenters. The lowest BCUT2D eigenvalue weighted by Gasteiger charge is -2.44. The van der Waals surface area contributed by atoms with Crippen molar-refractivity contribution in [3.8, 4) is 0 Å². The minimum Gasteiger partial charge on any atom is -0.382 e. The maximum absolute atomic E-state index is 6.01. The monoisotopic (exact) mass is 313 g/mol. The van der Waals surface area contributed by atoms with Crippen LogP contribution < -0.4 is 5.32 Å². The molecule has 2 rings (SSSR count). The third-order valence-corrected chi connectivity index (χ3v) is 4.70. The SMILES string of the molecule is CCCNC1CC(OCCc2cccs2)C1OCCOC. The van der Waals surface area contributed by atoms with Crippen LogP contribution in [0.2, 0.25) is 0 Å². The van der Waals surface area contributed by atoms with Gasteiger partial charge in [0.2, 0.25) is 0 Å². The van der Waals surface area contributed by atoms with Crippen molar-refractivity contribution in [2.45, 2.75) is 44.4 Å². The Bertz CT molecular complexity index is 372. The van der Waals surface area contributed by atoms with Crippen molar-refractivity contribution in [2.24, 2.45) is 0 Å². The zero-order valence-corrected chi connectivity index (χ0v) is 13.9. The summed E-state index contributed by atoms with van der Waals surface area (Å²) < 4.78 is 17.0. The van der Waals surface area contributed by atoms with E-state index < -0.39 is 0 Å². The van der Waals surface area contributed by atoms with Crippen molar-refractivity contribution in [2.75, 3.05) is 33.5 Å². The van der Waals surface area contributed by atoms with Crippen LogP contribution in [0.25, 0.3) is 0 Å². The Morgan fingerprint density at radius 1 is 1.29 bits per heavy atom. The normalized spacial score (nSPS) is 25.0. The first-order chi connectivity index (χ1) is 10.3. The van der Waals surface area contributed by atoms with Crippen molar-refractivity contribution >= 4 is 11.3 Å². The first-order valence-corrected chi connectivity index (χ1v) is 8.71. The molecule has 1 aliphatic rings. The maximum atomic E-state index is 6.01. The van der Waals surface area contributed by atoms with Crippen LogP contribution in [-0.2, 0) is 20.6 Å². The van der Waals surface area contributed by atoms with E-state index in [0.29, 0.717) is 19.3 Å². The lowest BCUT2D eigenvalue weighted by Crippen LogP contribution is -2.60. The molecular weight excluding hydrogens is 286 g/mol. The Labute approximate surface area is 131 Å². The van der Waals surface area contributed by atoms with Gasteiger partial charge < -0.3 is 19.5 Å². The third kappa shape index (κ3) is 5.34. The fourth-order valence-corrected chi connectivity index (χ4v) is 3.22. The molecule has 0 saturated heterocycles. The second-order valence-electron chi connectivity index (χ2n) is 5.36. The first kappa shape index (κ1) is 16.9. The number of hydrogen-bond donors (Lipinski definition) is 1. The van der Waals surface area contributed by atoms with Crippen molar-refractivity contribution in [1.82, 2.24) is 5.32 Å². The molecule has 1 N–H and O–H groups in total. The number of nitrogens with one attached hydrogen (secondary N) is 1. The Morgan fingerprint density at radius 2 is 2.19 bits per heavy atom. The van der Waals surface area contributed by atoms with Gasteiger partial charge in [-0.2, -0.15) is 0 Å². The van der Waals surface area contributed by atoms with E-state index in [-0.39, 0.29) is 12.2 Å². The van der Waals surface area contributed by atoms with Crippen LogP contribution >= 0.6 is 11.3 Å². The fraction of sp³-hybridized carbons (Fsp3) is 0.750. The Morgan fingerprint density at radius 3 is 2.90 bits per heavy atom. The summed E-state index contributed by atoms with van der Waals surface area (Å²) in [6.07, 6.45) is 3.56. The highest BCUT2D eigenvalue weighted by molar-refractivity contribution is 7.09. The van der Waals surface area contributed by atoms with Crippen molar-refractivity contribution < 1.29 is 14.2 Å². The van der Waals surface area contributed by atoms with E-state index >= 15 is 0 Å². The second kappa shape index (κ2) is 9.54. The molecule has 0 aromatic carbocycles. The van der Waals surface area contributed by atoms with E-state index in [9.17, 15) is 0 Å². The van der Waals surface area contributed by atoms with Gasteiger partial charge in [-0.25, -0.2) is 0 Å². The van der Waals surface area contributed by atoms with Gasteiger partial charge in [0, 0.05) is 24.4 Å². The van der Waals surface area contributed by atoms with E-state index in [1.54, 1.807) is 18.4 Å². The van der Waals surface area contributed by atoms with Crippen molar-refractivity contribution in [3.05, 3.63) is 22.4 Å². The number of rotatable bonds is 11. The molecule has 1 aromatic rings. The summed E-state index contributed by atoms with van der Waals surface area (Å²) in [4.78, 5) is 1.38. The maximum Gasteiger partial charge on any atom is 0.0991 e. The summed E-state index contributed by atoms with van der Waals surface area (Å²) in [7, 11) is 1.70. The van der Waals surface area contributed by atoms with Gasteiger partial charge in [-0.15, -0.1) is 11.3 Å². The van der Waals surface area contributed by atoms with Gasteiger partial charge >= 0.3 is 0 Å². The zero-order chi connectivity index (χ0) is 14.9. The molecular formula is C16H27NO3S. The molecule has 4 nitrogen and oxygen atoms in total. The standard InChI is InChI=1S/C16H27NO3S/c1-3-7-17-14-12-15(16(14)20-10-9-18-2)19-8-6-13-5-4-11-21-13/h4-5,11,14-17H,3,6-10,12H2,1-2H3. The third-order valence-electron chi connectivity index (χ3n) is 3.76. The van der Waals surface area contributed by atoms with Gasteiger partial charge in [-0.05, 0) is 30.8 Å². The van der Waals surface area contributed by atoms with Crippen LogP contribution in [0.4, 0.5) is 0 Å². The van der Waals surface area contributed by atoms with Gasteiger partial charge in [0.15, 0.2) is 0 Å². The molecule has 0 amide bonds. The van der Waals surface area contributed by atoms with Crippen LogP contribution in [-0.4, -0.2) is 51.7 Å². The van der Waals surface area contributed by atoms with E-state index in [0.717, 1.165) is 32.4 Å². The van der Waals surface area contributed by atoms with Crippen molar-refractivity contribution in [1.29, 1.82) is 0 Å². The molecule has 1 fully saturated rings. The summed E-state index contributed by atoms with van der Waals surface area (Å²) in [5.41, 5.74) is 0. The van der Waals surface area contributed by atoms with Crippen LogP contribution in [0.3, 0.4) is 0 Å². The average Bonchev–Trinajstić information content (AvgIpc) is 2.99. The summed E-state index contributed by atoms with van der Waals surface area (Å²) in [5, 5.41) is 5.65. The minimum absolute atomic E-state index is 0.162. The van der Waals surface area contributed by atoms with Crippen LogP contribution in [0.15, 0.2) is 17.5 Å². The van der Waals surface area contributed by atoms with Gasteiger partial charge in [-0.3, -0.25) is 0 Å².